The minimum Gasteiger partial charge on any atom is -0.383 e. The predicted octanol–water partition coefficient (Wildman–Crippen LogP) is 2.89. The van der Waals surface area contributed by atoms with Crippen LogP contribution >= 0.6 is 0 Å². The summed E-state index contributed by atoms with van der Waals surface area (Å²) in [4.78, 5) is 30.3. The van der Waals surface area contributed by atoms with Crippen molar-refractivity contribution >= 4 is 11.8 Å². The first-order valence-electron chi connectivity index (χ1n) is 11.7. The van der Waals surface area contributed by atoms with Crippen LogP contribution in [0.2, 0.25) is 0 Å². The smallest absolute Gasteiger partial charge is 0.250 e. The van der Waals surface area contributed by atoms with Gasteiger partial charge in [-0.25, -0.2) is 0 Å². The molecule has 2 aliphatic heterocycles. The molecular weight excluding hydrogens is 390 g/mol. The number of fused-ring (bicyclic) bond motifs is 1. The molecule has 3 aliphatic rings. The summed E-state index contributed by atoms with van der Waals surface area (Å²) in [5.74, 6) is 0.0436. The van der Waals surface area contributed by atoms with Crippen LogP contribution in [0.25, 0.3) is 0 Å². The molecule has 1 saturated heterocycles. The Bertz CT molecular complexity index is 799. The van der Waals surface area contributed by atoms with Crippen LogP contribution in [-0.4, -0.2) is 67.0 Å². The fraction of sp³-hybridized carbons (Fsp3) is 0.600. The highest BCUT2D eigenvalue weighted by molar-refractivity contribution is 6.02. The van der Waals surface area contributed by atoms with E-state index in [0.717, 1.165) is 63.7 Å². The topological polar surface area (TPSA) is 61.9 Å². The Morgan fingerprint density at radius 3 is 2.65 bits per heavy atom. The highest BCUT2D eigenvalue weighted by atomic mass is 16.5. The van der Waals surface area contributed by atoms with Gasteiger partial charge in [-0.3, -0.25) is 14.5 Å². The summed E-state index contributed by atoms with van der Waals surface area (Å²) in [5, 5.41) is 3.21. The van der Waals surface area contributed by atoms with E-state index in [-0.39, 0.29) is 30.3 Å². The van der Waals surface area contributed by atoms with Crippen molar-refractivity contribution in [3.63, 3.8) is 0 Å². The Hall–Kier alpha value is -2.18. The molecule has 1 unspecified atom stereocenters. The standard InChI is InChI=1S/C25H35N3O3/c1-31-16-15-28-23-10-6-5-9-21(23)22(25(28)30)17-24(29)26-20-11-13-27(14-12-20)18-19-7-3-2-4-8-19/h2-4,7-8,20,23H,5-6,9-18H2,1H3,(H,26,29). The highest BCUT2D eigenvalue weighted by Gasteiger charge is 2.40. The van der Waals surface area contributed by atoms with E-state index in [9.17, 15) is 9.59 Å². The molecule has 1 N–H and O–H groups in total. The van der Waals surface area contributed by atoms with E-state index in [1.165, 1.54) is 11.1 Å². The van der Waals surface area contributed by atoms with Crippen LogP contribution < -0.4 is 5.32 Å². The van der Waals surface area contributed by atoms with E-state index in [1.807, 2.05) is 11.0 Å². The van der Waals surface area contributed by atoms with Crippen LogP contribution in [0.5, 0.6) is 0 Å². The van der Waals surface area contributed by atoms with E-state index in [2.05, 4.69) is 34.5 Å². The molecule has 1 aromatic carbocycles. The summed E-state index contributed by atoms with van der Waals surface area (Å²) in [6.07, 6.45) is 6.35. The Kier molecular flexibility index (Phi) is 7.41. The van der Waals surface area contributed by atoms with Crippen LogP contribution in [0, 0.1) is 0 Å². The first-order chi connectivity index (χ1) is 15.2. The molecule has 1 atom stereocenters. The molecule has 4 rings (SSSR count). The molecule has 0 radical (unpaired) electrons. The normalized spacial score (nSPS) is 22.7. The molecule has 1 saturated carbocycles. The minimum atomic E-state index is -0.00438. The van der Waals surface area contributed by atoms with Gasteiger partial charge in [0.15, 0.2) is 0 Å². The number of hydrogen-bond acceptors (Lipinski definition) is 4. The quantitative estimate of drug-likeness (QED) is 0.696. The maximum absolute atomic E-state index is 13.0. The van der Waals surface area contributed by atoms with Crippen molar-refractivity contribution in [2.75, 3.05) is 33.4 Å². The van der Waals surface area contributed by atoms with Gasteiger partial charge in [-0.1, -0.05) is 36.8 Å². The van der Waals surface area contributed by atoms with Gasteiger partial charge < -0.3 is 15.0 Å². The fourth-order valence-corrected chi connectivity index (χ4v) is 5.29. The lowest BCUT2D eigenvalue weighted by Gasteiger charge is -2.32. The molecule has 1 aliphatic carbocycles. The van der Waals surface area contributed by atoms with Gasteiger partial charge in [0.05, 0.1) is 19.1 Å². The van der Waals surface area contributed by atoms with Gasteiger partial charge in [0, 0.05) is 44.9 Å². The molecule has 168 valence electrons. The molecule has 0 bridgehead atoms. The van der Waals surface area contributed by atoms with Crippen molar-refractivity contribution in [3.8, 4) is 0 Å². The number of ether oxygens (including phenoxy) is 1. The first-order valence-corrected chi connectivity index (χ1v) is 11.7. The zero-order valence-corrected chi connectivity index (χ0v) is 18.6. The van der Waals surface area contributed by atoms with Gasteiger partial charge in [0.1, 0.15) is 0 Å². The van der Waals surface area contributed by atoms with Crippen molar-refractivity contribution in [2.45, 2.75) is 63.6 Å². The molecular formula is C25H35N3O3. The molecule has 31 heavy (non-hydrogen) atoms. The summed E-state index contributed by atoms with van der Waals surface area (Å²) in [6.45, 7) is 4.08. The predicted molar refractivity (Wildman–Crippen MR) is 120 cm³/mol. The number of hydrogen-bond donors (Lipinski definition) is 1. The monoisotopic (exact) mass is 425 g/mol. The summed E-state index contributed by atoms with van der Waals surface area (Å²) in [7, 11) is 1.66. The van der Waals surface area contributed by atoms with E-state index in [4.69, 9.17) is 4.74 Å². The number of amides is 2. The number of carbonyl (C=O) groups excluding carboxylic acids is 2. The minimum absolute atomic E-state index is 0.00438. The number of nitrogens with one attached hydrogen (secondary N) is 1. The molecule has 2 amide bonds. The van der Waals surface area contributed by atoms with Crippen molar-refractivity contribution in [3.05, 3.63) is 47.0 Å². The average molecular weight is 426 g/mol. The Labute approximate surface area is 185 Å². The zero-order valence-electron chi connectivity index (χ0n) is 18.6. The third-order valence-electron chi connectivity index (χ3n) is 6.93. The summed E-state index contributed by atoms with van der Waals surface area (Å²) in [5.41, 5.74) is 3.29. The van der Waals surface area contributed by atoms with E-state index in [1.54, 1.807) is 7.11 Å². The number of carbonyl (C=O) groups is 2. The summed E-state index contributed by atoms with van der Waals surface area (Å²) >= 11 is 0. The molecule has 0 aromatic heterocycles. The number of benzene rings is 1. The Morgan fingerprint density at radius 1 is 1.13 bits per heavy atom. The highest BCUT2D eigenvalue weighted by Crippen LogP contribution is 2.37. The molecule has 2 fully saturated rings. The summed E-state index contributed by atoms with van der Waals surface area (Å²) < 4.78 is 5.20. The SMILES string of the molecule is COCCN1C(=O)C(CC(=O)NC2CCN(Cc3ccccc3)CC2)=C2CCCCC21. The number of rotatable bonds is 8. The third kappa shape index (κ3) is 5.36. The van der Waals surface area contributed by atoms with E-state index < -0.39 is 0 Å². The largest absolute Gasteiger partial charge is 0.383 e. The third-order valence-corrected chi connectivity index (χ3v) is 6.93. The second-order valence-corrected chi connectivity index (χ2v) is 9.04. The molecule has 0 spiro atoms. The lowest BCUT2D eigenvalue weighted by molar-refractivity contribution is -0.129. The van der Waals surface area contributed by atoms with Crippen molar-refractivity contribution in [2.24, 2.45) is 0 Å². The van der Waals surface area contributed by atoms with Crippen molar-refractivity contribution in [1.29, 1.82) is 0 Å². The van der Waals surface area contributed by atoms with Gasteiger partial charge in [0.25, 0.3) is 5.91 Å². The van der Waals surface area contributed by atoms with Gasteiger partial charge in [-0.2, -0.15) is 0 Å². The molecule has 6 heteroatoms. The number of likely N-dealkylation sites (tertiary alicyclic amines) is 1. The second-order valence-electron chi connectivity index (χ2n) is 9.04. The summed E-state index contributed by atoms with van der Waals surface area (Å²) in [6, 6.07) is 10.9. The Balaban J connectivity index is 1.29. The van der Waals surface area contributed by atoms with Crippen LogP contribution in [0.1, 0.15) is 50.5 Å². The number of methoxy groups -OCH3 is 1. The van der Waals surface area contributed by atoms with Crippen molar-refractivity contribution in [1.82, 2.24) is 15.1 Å². The maximum atomic E-state index is 13.0. The van der Waals surface area contributed by atoms with Crippen LogP contribution in [0.4, 0.5) is 0 Å². The molecule has 6 nitrogen and oxygen atoms in total. The average Bonchev–Trinajstić information content (AvgIpc) is 3.05. The van der Waals surface area contributed by atoms with Gasteiger partial charge in [-0.05, 0) is 43.2 Å². The molecule has 1 aromatic rings. The lowest BCUT2D eigenvalue weighted by atomic mass is 9.88. The second kappa shape index (κ2) is 10.4. The van der Waals surface area contributed by atoms with Crippen LogP contribution in [0.15, 0.2) is 41.5 Å². The first kappa shape index (κ1) is 22.0. The number of nitrogens with zero attached hydrogens (tertiary/aromatic N) is 2. The zero-order chi connectivity index (χ0) is 21.6. The van der Waals surface area contributed by atoms with Gasteiger partial charge >= 0.3 is 0 Å². The maximum Gasteiger partial charge on any atom is 0.250 e. The van der Waals surface area contributed by atoms with Gasteiger partial charge in [0.2, 0.25) is 5.91 Å². The Morgan fingerprint density at radius 2 is 1.90 bits per heavy atom. The van der Waals surface area contributed by atoms with Crippen molar-refractivity contribution < 1.29 is 14.3 Å². The van der Waals surface area contributed by atoms with Crippen LogP contribution in [-0.2, 0) is 20.9 Å². The number of piperidine rings is 1. The van der Waals surface area contributed by atoms with E-state index >= 15 is 0 Å². The molecule has 2 heterocycles. The fourth-order valence-electron chi connectivity index (χ4n) is 5.29. The lowest BCUT2D eigenvalue weighted by Crippen LogP contribution is -2.44. The van der Waals surface area contributed by atoms with Gasteiger partial charge in [-0.15, -0.1) is 0 Å². The van der Waals surface area contributed by atoms with E-state index in [0.29, 0.717) is 13.2 Å². The van der Waals surface area contributed by atoms with Crippen LogP contribution in [0.3, 0.4) is 0 Å².